The van der Waals surface area contributed by atoms with Gasteiger partial charge in [-0.25, -0.2) is 4.98 Å². The van der Waals surface area contributed by atoms with Crippen LogP contribution in [0, 0.1) is 2.88 Å². The molecule has 0 radical (unpaired) electrons. The number of nitrogens with zero attached hydrogens (tertiary/aromatic N) is 4. The van der Waals surface area contributed by atoms with Gasteiger partial charge >= 0.3 is 6.18 Å². The van der Waals surface area contributed by atoms with Gasteiger partial charge in [-0.05, 0) is 34.9 Å². The van der Waals surface area contributed by atoms with E-state index < -0.39 is 21.8 Å². The smallest absolute Gasteiger partial charge is 0.310 e. The van der Waals surface area contributed by atoms with Crippen molar-refractivity contribution in [2.45, 2.75) is 18.0 Å². The predicted octanol–water partition coefficient (Wildman–Crippen LogP) is 3.74. The second kappa shape index (κ2) is 6.27. The van der Waals surface area contributed by atoms with Crippen LogP contribution in [0.3, 0.4) is 0 Å². The molecule has 0 aromatic carbocycles. The number of aromatic nitrogens is 4. The number of hydrogen-bond acceptors (Lipinski definition) is 5. The average molecular weight is 502 g/mol. The second-order valence-corrected chi connectivity index (χ2v) is 11.9. The lowest BCUT2D eigenvalue weighted by atomic mass is 10.3. The van der Waals surface area contributed by atoms with Gasteiger partial charge in [0.15, 0.2) is 17.2 Å². The predicted molar refractivity (Wildman–Crippen MR) is 102 cm³/mol. The van der Waals surface area contributed by atoms with Gasteiger partial charge in [-0.2, -0.15) is 13.2 Å². The lowest BCUT2D eigenvalue weighted by Crippen LogP contribution is -2.13. The Morgan fingerprint density at radius 1 is 1.32 bits per heavy atom. The molecular formula is C14H14F3IN4OS2. The van der Waals surface area contributed by atoms with Gasteiger partial charge in [-0.15, -0.1) is 21.5 Å². The number of fused-ring (bicyclic) bond motifs is 1. The van der Waals surface area contributed by atoms with Crippen LogP contribution in [0.5, 0.6) is 0 Å². The Bertz CT molecular complexity index is 1010. The van der Waals surface area contributed by atoms with Crippen LogP contribution in [0.1, 0.15) is 12.6 Å². The first-order valence-corrected chi connectivity index (χ1v) is 11.4. The van der Waals surface area contributed by atoms with Gasteiger partial charge in [0.2, 0.25) is 0 Å². The summed E-state index contributed by atoms with van der Waals surface area (Å²) in [5.74, 6) is 0.941. The fourth-order valence-corrected chi connectivity index (χ4v) is 6.47. The fourth-order valence-electron chi connectivity index (χ4n) is 2.36. The van der Waals surface area contributed by atoms with Gasteiger partial charge in [0.05, 0.1) is 7.76 Å². The molecule has 0 N–H and O–H groups in total. The Hall–Kier alpha value is -1.08. The van der Waals surface area contributed by atoms with E-state index in [1.165, 1.54) is 11.3 Å². The molecule has 136 valence electrons. The summed E-state index contributed by atoms with van der Waals surface area (Å²) in [4.78, 5) is 5.73. The van der Waals surface area contributed by atoms with Crippen molar-refractivity contribution in [3.05, 3.63) is 20.7 Å². The molecule has 0 atom stereocenters. The first kappa shape index (κ1) is 18.7. The molecule has 0 saturated heterocycles. The summed E-state index contributed by atoms with van der Waals surface area (Å²) < 4.78 is 53.9. The first-order chi connectivity index (χ1) is 11.5. The SMILES string of the molecule is CC[SH](C)(=O)c1cc(I)sc1-c1nc2cc(C(F)(F)F)nnc2n1C. The van der Waals surface area contributed by atoms with Crippen LogP contribution in [0.15, 0.2) is 17.0 Å². The quantitative estimate of drug-likeness (QED) is 0.438. The number of rotatable bonds is 3. The van der Waals surface area contributed by atoms with Crippen molar-refractivity contribution in [1.29, 1.82) is 0 Å². The first-order valence-electron chi connectivity index (χ1n) is 7.18. The van der Waals surface area contributed by atoms with E-state index in [4.69, 9.17) is 0 Å². The lowest BCUT2D eigenvalue weighted by molar-refractivity contribution is -0.141. The molecule has 0 bridgehead atoms. The number of halogens is 4. The highest BCUT2D eigenvalue weighted by atomic mass is 127. The summed E-state index contributed by atoms with van der Waals surface area (Å²) in [6.07, 6.45) is -2.87. The summed E-state index contributed by atoms with van der Waals surface area (Å²) in [5, 5.41) is 6.93. The van der Waals surface area contributed by atoms with E-state index in [9.17, 15) is 17.4 Å². The Labute approximate surface area is 160 Å². The molecular weight excluding hydrogens is 488 g/mol. The number of imidazole rings is 1. The van der Waals surface area contributed by atoms with Crippen LogP contribution in [0.25, 0.3) is 21.9 Å². The Balaban J connectivity index is 2.24. The summed E-state index contributed by atoms with van der Waals surface area (Å²) in [6, 6.07) is 2.74. The zero-order valence-electron chi connectivity index (χ0n) is 13.4. The third kappa shape index (κ3) is 3.33. The molecule has 11 heteroatoms. The van der Waals surface area contributed by atoms with E-state index in [-0.39, 0.29) is 11.2 Å². The molecule has 0 aliphatic carbocycles. The van der Waals surface area contributed by atoms with E-state index in [2.05, 4.69) is 37.8 Å². The molecule has 0 aliphatic heterocycles. The molecule has 0 aliphatic rings. The average Bonchev–Trinajstić information content (AvgIpc) is 3.07. The third-order valence-corrected chi connectivity index (χ3v) is 8.53. The van der Waals surface area contributed by atoms with E-state index >= 15 is 0 Å². The van der Waals surface area contributed by atoms with Crippen LogP contribution in [0.2, 0.25) is 0 Å². The third-order valence-electron chi connectivity index (χ3n) is 3.91. The standard InChI is InChI=1S/C14H14F3IN4OS2/c1-4-25(3,23)8-6-10(18)24-11(8)13-19-7-5-9(14(15,16)17)20-21-12(7)22(13)2/h5-6,25H,4H2,1-3H3. The molecule has 0 fully saturated rings. The molecule has 5 nitrogen and oxygen atoms in total. The second-order valence-electron chi connectivity index (χ2n) is 5.61. The molecule has 3 heterocycles. The van der Waals surface area contributed by atoms with Gasteiger partial charge in [0, 0.05) is 23.8 Å². The van der Waals surface area contributed by atoms with Gasteiger partial charge in [0.1, 0.15) is 5.52 Å². The normalized spacial score (nSPS) is 13.6. The zero-order chi connectivity index (χ0) is 18.6. The van der Waals surface area contributed by atoms with E-state index in [1.807, 2.05) is 13.0 Å². The molecule has 3 aromatic rings. The molecule has 25 heavy (non-hydrogen) atoms. The van der Waals surface area contributed by atoms with Crippen molar-refractivity contribution in [3.63, 3.8) is 0 Å². The molecule has 0 saturated carbocycles. The van der Waals surface area contributed by atoms with Crippen molar-refractivity contribution in [2.24, 2.45) is 7.05 Å². The van der Waals surface area contributed by atoms with Crippen LogP contribution >= 0.6 is 33.9 Å². The largest absolute Gasteiger partial charge is 0.435 e. The molecule has 0 unspecified atom stereocenters. The summed E-state index contributed by atoms with van der Waals surface area (Å²) >= 11 is 3.55. The topological polar surface area (TPSA) is 60.7 Å². The van der Waals surface area contributed by atoms with Crippen LogP contribution in [0.4, 0.5) is 13.2 Å². The van der Waals surface area contributed by atoms with Crippen LogP contribution in [-0.4, -0.2) is 36.0 Å². The highest BCUT2D eigenvalue weighted by Gasteiger charge is 2.34. The fraction of sp³-hybridized carbons (Fsp3) is 0.357. The number of aryl methyl sites for hydroxylation is 1. The molecule has 0 amide bonds. The van der Waals surface area contributed by atoms with E-state index in [0.29, 0.717) is 21.3 Å². The number of alkyl halides is 3. The van der Waals surface area contributed by atoms with E-state index in [0.717, 1.165) is 8.95 Å². The summed E-state index contributed by atoms with van der Waals surface area (Å²) in [7, 11) is -0.909. The van der Waals surface area contributed by atoms with Gasteiger partial charge in [0.25, 0.3) is 0 Å². The van der Waals surface area contributed by atoms with Crippen molar-refractivity contribution < 1.29 is 17.4 Å². The minimum Gasteiger partial charge on any atom is -0.310 e. The highest BCUT2D eigenvalue weighted by molar-refractivity contribution is 14.1. The highest BCUT2D eigenvalue weighted by Crippen LogP contribution is 2.39. The van der Waals surface area contributed by atoms with Crippen molar-refractivity contribution in [2.75, 3.05) is 12.0 Å². The maximum Gasteiger partial charge on any atom is 0.435 e. The number of thiol groups is 1. The Kier molecular flexibility index (Phi) is 4.69. The minimum absolute atomic E-state index is 0.108. The van der Waals surface area contributed by atoms with Crippen LogP contribution < -0.4 is 0 Å². The number of thiophene rings is 1. The Morgan fingerprint density at radius 3 is 2.60 bits per heavy atom. The van der Waals surface area contributed by atoms with Gasteiger partial charge in [-0.3, -0.25) is 4.21 Å². The van der Waals surface area contributed by atoms with E-state index in [1.54, 1.807) is 17.9 Å². The molecule has 3 aromatic heterocycles. The lowest BCUT2D eigenvalue weighted by Gasteiger charge is -2.16. The van der Waals surface area contributed by atoms with Crippen LogP contribution in [-0.2, 0) is 23.2 Å². The summed E-state index contributed by atoms with van der Waals surface area (Å²) in [5.41, 5.74) is -0.725. The summed E-state index contributed by atoms with van der Waals surface area (Å²) in [6.45, 7) is 1.85. The molecule has 0 spiro atoms. The molecule has 3 rings (SSSR count). The maximum absolute atomic E-state index is 12.9. The number of hydrogen-bond donors (Lipinski definition) is 1. The zero-order valence-corrected chi connectivity index (χ0v) is 17.3. The maximum atomic E-state index is 12.9. The van der Waals surface area contributed by atoms with Crippen molar-refractivity contribution >= 4 is 55.0 Å². The van der Waals surface area contributed by atoms with Gasteiger partial charge < -0.3 is 4.57 Å². The minimum atomic E-state index is -4.58. The van der Waals surface area contributed by atoms with Gasteiger partial charge in [-0.1, -0.05) is 16.9 Å². The van der Waals surface area contributed by atoms with Crippen molar-refractivity contribution in [1.82, 2.24) is 19.7 Å². The van der Waals surface area contributed by atoms with Crippen molar-refractivity contribution in [3.8, 4) is 10.7 Å². The monoisotopic (exact) mass is 502 g/mol. The Morgan fingerprint density at radius 2 is 2.00 bits per heavy atom.